The summed E-state index contributed by atoms with van der Waals surface area (Å²) in [5, 5.41) is 12.3. The third-order valence-electron chi connectivity index (χ3n) is 4.46. The number of esters is 1. The average molecular weight is 438 g/mol. The van der Waals surface area contributed by atoms with Crippen molar-refractivity contribution in [3.05, 3.63) is 47.1 Å². The lowest BCUT2D eigenvalue weighted by Crippen LogP contribution is -2.33. The maximum Gasteiger partial charge on any atom is 0.376 e. The van der Waals surface area contributed by atoms with Crippen molar-refractivity contribution in [2.45, 2.75) is 18.9 Å². The number of aromatic nitrogens is 2. The third kappa shape index (κ3) is 5.52. The highest BCUT2D eigenvalue weighted by Gasteiger charge is 2.23. The fraction of sp³-hybridized carbons (Fsp3) is 0.304. The van der Waals surface area contributed by atoms with Crippen molar-refractivity contribution in [1.29, 1.82) is 0 Å². The molecule has 0 spiro atoms. The Morgan fingerprint density at radius 1 is 1.32 bits per heavy atom. The van der Waals surface area contributed by atoms with Gasteiger partial charge in [-0.3, -0.25) is 4.79 Å². The van der Waals surface area contributed by atoms with Gasteiger partial charge in [-0.05, 0) is 44.6 Å². The summed E-state index contributed by atoms with van der Waals surface area (Å²) < 4.78 is 5.89. The Morgan fingerprint density at radius 3 is 2.84 bits per heavy atom. The van der Waals surface area contributed by atoms with E-state index in [0.29, 0.717) is 29.6 Å². The van der Waals surface area contributed by atoms with Crippen LogP contribution in [0.25, 0.3) is 21.5 Å². The summed E-state index contributed by atoms with van der Waals surface area (Å²) in [6.07, 6.45) is 0.680. The Labute approximate surface area is 184 Å². The molecule has 0 aliphatic rings. The van der Waals surface area contributed by atoms with Crippen molar-refractivity contribution >= 4 is 33.8 Å². The van der Waals surface area contributed by atoms with Crippen LogP contribution in [0.5, 0.6) is 0 Å². The second kappa shape index (κ2) is 9.79. The van der Waals surface area contributed by atoms with Gasteiger partial charge in [-0.1, -0.05) is 24.0 Å². The highest BCUT2D eigenvalue weighted by molar-refractivity contribution is 7.17. The van der Waals surface area contributed by atoms with E-state index in [2.05, 4.69) is 21.8 Å². The molecule has 3 aromatic rings. The molecule has 2 heterocycles. The van der Waals surface area contributed by atoms with E-state index in [9.17, 15) is 14.7 Å². The van der Waals surface area contributed by atoms with E-state index in [-0.39, 0.29) is 18.9 Å². The highest BCUT2D eigenvalue weighted by atomic mass is 32.1. The fourth-order valence-corrected chi connectivity index (χ4v) is 3.66. The minimum Gasteiger partial charge on any atom is -0.460 e. The first-order chi connectivity index (χ1) is 14.8. The van der Waals surface area contributed by atoms with Crippen LogP contribution in [0.1, 0.15) is 29.5 Å². The lowest BCUT2D eigenvalue weighted by molar-refractivity contribution is -0.119. The number of fused-ring (bicyclic) bond motifs is 1. The van der Waals surface area contributed by atoms with Gasteiger partial charge in [0, 0.05) is 24.1 Å². The molecule has 1 aromatic carbocycles. The molecule has 0 aliphatic heterocycles. The van der Waals surface area contributed by atoms with Gasteiger partial charge in [0.2, 0.25) is 5.82 Å². The summed E-state index contributed by atoms with van der Waals surface area (Å²) in [6, 6.07) is 9.09. The number of thiophene rings is 1. The predicted octanol–water partition coefficient (Wildman–Crippen LogP) is 2.77. The van der Waals surface area contributed by atoms with Gasteiger partial charge in [-0.25, -0.2) is 14.8 Å². The molecule has 0 saturated carbocycles. The fourth-order valence-electron chi connectivity index (χ4n) is 2.82. The molecular weight excluding hydrogens is 414 g/mol. The van der Waals surface area contributed by atoms with Crippen LogP contribution in [0.4, 0.5) is 0 Å². The zero-order valence-corrected chi connectivity index (χ0v) is 18.4. The van der Waals surface area contributed by atoms with E-state index in [0.717, 1.165) is 10.3 Å². The molecule has 160 valence electrons. The number of nitrogens with zero attached hydrogens (tertiary/aromatic N) is 3. The van der Waals surface area contributed by atoms with E-state index < -0.39 is 11.6 Å². The van der Waals surface area contributed by atoms with Gasteiger partial charge < -0.3 is 14.7 Å². The summed E-state index contributed by atoms with van der Waals surface area (Å²) in [6.45, 7) is 2.48. The minimum atomic E-state index is -1.71. The van der Waals surface area contributed by atoms with Gasteiger partial charge in [-0.15, -0.1) is 11.3 Å². The average Bonchev–Trinajstić information content (AvgIpc) is 3.25. The number of benzene rings is 1. The van der Waals surface area contributed by atoms with E-state index in [1.165, 1.54) is 11.3 Å². The molecule has 2 aromatic heterocycles. The van der Waals surface area contributed by atoms with Crippen molar-refractivity contribution < 1.29 is 19.4 Å². The first-order valence-electron chi connectivity index (χ1n) is 9.74. The molecular formula is C23H23N3O4S. The summed E-state index contributed by atoms with van der Waals surface area (Å²) in [5.41, 5.74) is 0.907. The maximum atomic E-state index is 12.2. The Hall–Kier alpha value is -3.12. The molecule has 0 saturated heterocycles. The molecule has 8 heteroatoms. The van der Waals surface area contributed by atoms with Crippen molar-refractivity contribution in [2.75, 3.05) is 27.2 Å². The van der Waals surface area contributed by atoms with Gasteiger partial charge in [0.1, 0.15) is 0 Å². The van der Waals surface area contributed by atoms with Gasteiger partial charge in [0.25, 0.3) is 0 Å². The topological polar surface area (TPSA) is 92.6 Å². The second-order valence-corrected chi connectivity index (χ2v) is 8.09. The zero-order chi connectivity index (χ0) is 22.4. The molecule has 0 bridgehead atoms. The van der Waals surface area contributed by atoms with E-state index in [1.807, 2.05) is 42.6 Å². The van der Waals surface area contributed by atoms with Crippen molar-refractivity contribution in [2.24, 2.45) is 0 Å². The quantitative estimate of drug-likeness (QED) is 0.345. The first kappa shape index (κ1) is 22.6. The van der Waals surface area contributed by atoms with Crippen molar-refractivity contribution in [1.82, 2.24) is 14.9 Å². The maximum absolute atomic E-state index is 12.2. The van der Waals surface area contributed by atoms with E-state index in [1.54, 1.807) is 19.1 Å². The van der Waals surface area contributed by atoms with Crippen LogP contribution in [0.3, 0.4) is 0 Å². The molecule has 1 unspecified atom stereocenters. The van der Waals surface area contributed by atoms with Gasteiger partial charge in [0.05, 0.1) is 22.5 Å². The number of aldehydes is 1. The monoisotopic (exact) mass is 437 g/mol. The van der Waals surface area contributed by atoms with Gasteiger partial charge in [-0.2, -0.15) is 0 Å². The molecule has 0 amide bonds. The van der Waals surface area contributed by atoms with Crippen LogP contribution >= 0.6 is 11.3 Å². The molecule has 0 fully saturated rings. The number of hydrogen-bond donors (Lipinski definition) is 1. The van der Waals surface area contributed by atoms with Crippen molar-refractivity contribution in [3.63, 3.8) is 0 Å². The lowest BCUT2D eigenvalue weighted by atomic mass is 10.0. The number of carbonyl (C=O) groups excluding carboxylic acids is 2. The molecule has 31 heavy (non-hydrogen) atoms. The van der Waals surface area contributed by atoms with Gasteiger partial charge >= 0.3 is 5.97 Å². The molecule has 3 rings (SSSR count). The normalized spacial score (nSPS) is 12.8. The summed E-state index contributed by atoms with van der Waals surface area (Å²) in [4.78, 5) is 34.2. The van der Waals surface area contributed by atoms with Crippen LogP contribution < -0.4 is 0 Å². The smallest absolute Gasteiger partial charge is 0.376 e. The number of carbonyl (C=O) groups is 2. The Kier molecular flexibility index (Phi) is 7.13. The number of hydrogen-bond acceptors (Lipinski definition) is 8. The van der Waals surface area contributed by atoms with Crippen LogP contribution in [0.15, 0.2) is 35.7 Å². The molecule has 0 radical (unpaired) electrons. The predicted molar refractivity (Wildman–Crippen MR) is 120 cm³/mol. The van der Waals surface area contributed by atoms with E-state index in [4.69, 9.17) is 4.74 Å². The number of ether oxygens (including phenoxy) is 1. The van der Waals surface area contributed by atoms with Crippen LogP contribution in [-0.2, 0) is 9.53 Å². The number of aliphatic hydroxyl groups is 1. The van der Waals surface area contributed by atoms with Crippen LogP contribution in [0.2, 0.25) is 0 Å². The summed E-state index contributed by atoms with van der Waals surface area (Å²) in [5.74, 6) is 4.99. The van der Waals surface area contributed by atoms with Crippen LogP contribution in [0, 0.1) is 11.8 Å². The number of rotatable bonds is 7. The Balaban J connectivity index is 1.99. The standard InChI is InChI=1S/C23H23N3O4S/c1-4-30-22(28)21-24-18-9-13-31-20(18)19(25-21)17-7-5-6-16(14-17)8-10-23(29,15-27)11-12-26(2)3/h5-7,9,13-15,29H,4,11-12H2,1-3H3. The molecule has 1 atom stereocenters. The zero-order valence-electron chi connectivity index (χ0n) is 17.6. The third-order valence-corrected chi connectivity index (χ3v) is 5.37. The second-order valence-electron chi connectivity index (χ2n) is 7.18. The molecule has 1 N–H and O–H groups in total. The first-order valence-corrected chi connectivity index (χ1v) is 10.6. The van der Waals surface area contributed by atoms with Crippen molar-refractivity contribution in [3.8, 4) is 23.1 Å². The van der Waals surface area contributed by atoms with Gasteiger partial charge in [0.15, 0.2) is 11.9 Å². The lowest BCUT2D eigenvalue weighted by Gasteiger charge is -2.17. The SMILES string of the molecule is CCOC(=O)c1nc(-c2cccc(C#CC(O)(C=O)CCN(C)C)c2)c2sccc2n1. The highest BCUT2D eigenvalue weighted by Crippen LogP contribution is 2.30. The molecule has 0 aliphatic carbocycles. The Bertz CT molecular complexity index is 1160. The minimum absolute atomic E-state index is 0.00162. The van der Waals surface area contributed by atoms with E-state index >= 15 is 0 Å². The largest absolute Gasteiger partial charge is 0.460 e. The summed E-state index contributed by atoms with van der Waals surface area (Å²) in [7, 11) is 3.72. The Morgan fingerprint density at radius 2 is 2.13 bits per heavy atom. The van der Waals surface area contributed by atoms with Crippen LogP contribution in [-0.4, -0.2) is 65.1 Å². The molecule has 7 nitrogen and oxygen atoms in total. The summed E-state index contributed by atoms with van der Waals surface area (Å²) >= 11 is 1.47.